The number of hydrogen-bond donors (Lipinski definition) is 1. The van der Waals surface area contributed by atoms with Gasteiger partial charge in [-0.05, 0) is 47.0 Å². The highest BCUT2D eigenvalue weighted by Crippen LogP contribution is 2.40. The molecule has 1 spiro atoms. The predicted octanol–water partition coefficient (Wildman–Crippen LogP) is 1.91. The highest BCUT2D eigenvalue weighted by molar-refractivity contribution is 5.85. The van der Waals surface area contributed by atoms with Gasteiger partial charge in [0.1, 0.15) is 5.60 Å². The van der Waals surface area contributed by atoms with E-state index in [4.69, 9.17) is 4.74 Å². The van der Waals surface area contributed by atoms with Crippen molar-refractivity contribution in [2.24, 2.45) is 5.41 Å². The van der Waals surface area contributed by atoms with E-state index in [9.17, 15) is 9.59 Å². The SMILES string of the molecule is CC1CC2(CCNC2=O)CCN1C(=O)OC(C)(C)C. The minimum absolute atomic E-state index is 0.0486. The molecular formula is C14H24N2O3. The number of rotatable bonds is 0. The summed E-state index contributed by atoms with van der Waals surface area (Å²) in [6.45, 7) is 8.96. The number of piperidine rings is 1. The molecule has 19 heavy (non-hydrogen) atoms. The van der Waals surface area contributed by atoms with Crippen molar-refractivity contribution in [3.8, 4) is 0 Å². The van der Waals surface area contributed by atoms with E-state index in [-0.39, 0.29) is 23.5 Å². The Morgan fingerprint density at radius 2 is 2.11 bits per heavy atom. The van der Waals surface area contributed by atoms with Gasteiger partial charge in [-0.25, -0.2) is 4.79 Å². The van der Waals surface area contributed by atoms with Crippen LogP contribution in [0.15, 0.2) is 0 Å². The number of amides is 2. The summed E-state index contributed by atoms with van der Waals surface area (Å²) in [5.74, 6) is 0.156. The van der Waals surface area contributed by atoms with E-state index in [1.165, 1.54) is 0 Å². The van der Waals surface area contributed by atoms with Gasteiger partial charge in [0.25, 0.3) is 0 Å². The molecule has 2 fully saturated rings. The van der Waals surface area contributed by atoms with Crippen LogP contribution in [0.25, 0.3) is 0 Å². The lowest BCUT2D eigenvalue weighted by molar-refractivity contribution is -0.131. The molecule has 2 unspecified atom stereocenters. The summed E-state index contributed by atoms with van der Waals surface area (Å²) in [4.78, 5) is 25.8. The van der Waals surface area contributed by atoms with Crippen molar-refractivity contribution < 1.29 is 14.3 Å². The number of carbonyl (C=O) groups is 2. The summed E-state index contributed by atoms with van der Waals surface area (Å²) in [5, 5.41) is 2.91. The molecule has 2 saturated heterocycles. The number of nitrogens with one attached hydrogen (secondary N) is 1. The third-order valence-electron chi connectivity index (χ3n) is 4.05. The standard InChI is InChI=1S/C14H24N2O3/c1-10-9-14(5-7-15-11(14)17)6-8-16(10)12(18)19-13(2,3)4/h10H,5-9H2,1-4H3,(H,15,17). The van der Waals surface area contributed by atoms with Crippen molar-refractivity contribution >= 4 is 12.0 Å². The molecule has 5 heteroatoms. The van der Waals surface area contributed by atoms with Crippen LogP contribution in [-0.2, 0) is 9.53 Å². The molecule has 0 aliphatic carbocycles. The van der Waals surface area contributed by atoms with Gasteiger partial charge in [-0.3, -0.25) is 4.79 Å². The lowest BCUT2D eigenvalue weighted by Crippen LogP contribution is -2.51. The van der Waals surface area contributed by atoms with Gasteiger partial charge in [-0.1, -0.05) is 0 Å². The average Bonchev–Trinajstić information content (AvgIpc) is 2.57. The molecule has 2 atom stereocenters. The Balaban J connectivity index is 2.01. The van der Waals surface area contributed by atoms with E-state index in [2.05, 4.69) is 5.32 Å². The van der Waals surface area contributed by atoms with Crippen LogP contribution in [0.4, 0.5) is 4.79 Å². The number of ether oxygens (including phenoxy) is 1. The van der Waals surface area contributed by atoms with Crippen molar-refractivity contribution in [3.05, 3.63) is 0 Å². The Morgan fingerprint density at radius 3 is 2.58 bits per heavy atom. The smallest absolute Gasteiger partial charge is 0.410 e. The summed E-state index contributed by atoms with van der Waals surface area (Å²) >= 11 is 0. The Labute approximate surface area is 114 Å². The van der Waals surface area contributed by atoms with Gasteiger partial charge in [0.2, 0.25) is 5.91 Å². The predicted molar refractivity (Wildman–Crippen MR) is 71.7 cm³/mol. The second-order valence-corrected chi connectivity index (χ2v) is 6.76. The Kier molecular flexibility index (Phi) is 3.49. The zero-order valence-electron chi connectivity index (χ0n) is 12.3. The van der Waals surface area contributed by atoms with Crippen LogP contribution in [0, 0.1) is 5.41 Å². The first-order chi connectivity index (χ1) is 8.73. The van der Waals surface area contributed by atoms with Crippen molar-refractivity contribution in [3.63, 3.8) is 0 Å². The summed E-state index contributed by atoms with van der Waals surface area (Å²) in [6.07, 6.45) is 2.09. The quantitative estimate of drug-likeness (QED) is 0.730. The van der Waals surface area contributed by atoms with Crippen molar-refractivity contribution in [1.29, 1.82) is 0 Å². The van der Waals surface area contributed by atoms with Crippen LogP contribution >= 0.6 is 0 Å². The molecule has 2 heterocycles. The third-order valence-corrected chi connectivity index (χ3v) is 4.05. The summed E-state index contributed by atoms with van der Waals surface area (Å²) in [6, 6.07) is 0.0486. The zero-order chi connectivity index (χ0) is 14.3. The summed E-state index contributed by atoms with van der Waals surface area (Å²) < 4.78 is 5.41. The van der Waals surface area contributed by atoms with Crippen LogP contribution in [0.2, 0.25) is 0 Å². The molecule has 0 bridgehead atoms. The van der Waals surface area contributed by atoms with Crippen molar-refractivity contribution in [2.45, 2.75) is 58.6 Å². The fourth-order valence-electron chi connectivity index (χ4n) is 3.07. The van der Waals surface area contributed by atoms with E-state index in [0.29, 0.717) is 6.54 Å². The third kappa shape index (κ3) is 2.85. The molecule has 2 aliphatic heterocycles. The topological polar surface area (TPSA) is 58.6 Å². The summed E-state index contributed by atoms with van der Waals surface area (Å²) in [7, 11) is 0. The number of carbonyl (C=O) groups excluding carboxylic acids is 2. The average molecular weight is 268 g/mol. The molecule has 5 nitrogen and oxygen atoms in total. The highest BCUT2D eigenvalue weighted by atomic mass is 16.6. The number of hydrogen-bond acceptors (Lipinski definition) is 3. The minimum Gasteiger partial charge on any atom is -0.444 e. The molecule has 2 aliphatic rings. The van der Waals surface area contributed by atoms with Crippen molar-refractivity contribution in [1.82, 2.24) is 10.2 Å². The Morgan fingerprint density at radius 1 is 1.42 bits per heavy atom. The second-order valence-electron chi connectivity index (χ2n) is 6.76. The van der Waals surface area contributed by atoms with Gasteiger partial charge < -0.3 is 15.0 Å². The van der Waals surface area contributed by atoms with Crippen LogP contribution in [0.5, 0.6) is 0 Å². The Hall–Kier alpha value is -1.26. The van der Waals surface area contributed by atoms with E-state index in [1.54, 1.807) is 4.90 Å². The van der Waals surface area contributed by atoms with Gasteiger partial charge in [-0.2, -0.15) is 0 Å². The lowest BCUT2D eigenvalue weighted by atomic mass is 9.74. The molecule has 108 valence electrons. The molecule has 0 aromatic rings. The molecular weight excluding hydrogens is 244 g/mol. The van der Waals surface area contributed by atoms with Crippen LogP contribution in [0.3, 0.4) is 0 Å². The van der Waals surface area contributed by atoms with E-state index >= 15 is 0 Å². The van der Waals surface area contributed by atoms with Gasteiger partial charge in [0.15, 0.2) is 0 Å². The fraction of sp³-hybridized carbons (Fsp3) is 0.857. The molecule has 1 N–H and O–H groups in total. The van der Waals surface area contributed by atoms with Gasteiger partial charge >= 0.3 is 6.09 Å². The maximum Gasteiger partial charge on any atom is 0.410 e. The highest BCUT2D eigenvalue weighted by Gasteiger charge is 2.48. The Bertz CT molecular complexity index is 389. The largest absolute Gasteiger partial charge is 0.444 e. The first-order valence-electron chi connectivity index (χ1n) is 7.01. The molecule has 2 amide bonds. The number of nitrogens with zero attached hydrogens (tertiary/aromatic N) is 1. The monoisotopic (exact) mass is 268 g/mol. The van der Waals surface area contributed by atoms with Crippen molar-refractivity contribution in [2.75, 3.05) is 13.1 Å². The maximum absolute atomic E-state index is 12.1. The second kappa shape index (κ2) is 4.69. The number of likely N-dealkylation sites (tertiary alicyclic amines) is 1. The minimum atomic E-state index is -0.476. The van der Waals surface area contributed by atoms with E-state index < -0.39 is 5.60 Å². The van der Waals surface area contributed by atoms with E-state index in [0.717, 1.165) is 25.8 Å². The van der Waals surface area contributed by atoms with Crippen LogP contribution in [-0.4, -0.2) is 41.6 Å². The lowest BCUT2D eigenvalue weighted by Gasteiger charge is -2.42. The van der Waals surface area contributed by atoms with Gasteiger partial charge in [-0.15, -0.1) is 0 Å². The van der Waals surface area contributed by atoms with Crippen LogP contribution in [0.1, 0.15) is 47.0 Å². The molecule has 0 saturated carbocycles. The molecule has 0 aromatic carbocycles. The van der Waals surface area contributed by atoms with Gasteiger partial charge in [0.05, 0.1) is 5.41 Å². The molecule has 0 aromatic heterocycles. The fourth-order valence-corrected chi connectivity index (χ4v) is 3.07. The maximum atomic E-state index is 12.1. The van der Waals surface area contributed by atoms with Crippen LogP contribution < -0.4 is 5.32 Å². The first kappa shape index (κ1) is 14.2. The van der Waals surface area contributed by atoms with Gasteiger partial charge in [0, 0.05) is 19.1 Å². The summed E-state index contributed by atoms with van der Waals surface area (Å²) in [5.41, 5.74) is -0.728. The normalized spacial score (nSPS) is 31.5. The zero-order valence-corrected chi connectivity index (χ0v) is 12.3. The van der Waals surface area contributed by atoms with E-state index in [1.807, 2.05) is 27.7 Å². The first-order valence-corrected chi connectivity index (χ1v) is 7.01. The molecule has 2 rings (SSSR count). The molecule has 0 radical (unpaired) electrons.